The number of amides is 1. The van der Waals surface area contributed by atoms with Gasteiger partial charge in [-0.3, -0.25) is 4.79 Å². The van der Waals surface area contributed by atoms with Gasteiger partial charge in [-0.2, -0.15) is 0 Å². The lowest BCUT2D eigenvalue weighted by molar-refractivity contribution is -0.119. The molecule has 1 aromatic rings. The highest BCUT2D eigenvalue weighted by molar-refractivity contribution is 5.81. The van der Waals surface area contributed by atoms with Gasteiger partial charge in [-0.1, -0.05) is 43.9 Å². The van der Waals surface area contributed by atoms with Crippen LogP contribution in [-0.2, 0) is 4.79 Å². The van der Waals surface area contributed by atoms with Crippen molar-refractivity contribution in [1.29, 1.82) is 0 Å². The minimum atomic E-state index is 0.114. The van der Waals surface area contributed by atoms with Gasteiger partial charge in [-0.05, 0) is 30.9 Å². The standard InChI is InChI=1S/C17H26N2O/c1-19(16-11-3-2-4-12-16)14-17(20)18-13-7-10-15-8-5-6-9-15/h2-4,11-12,15H,5-10,13-14H2,1H3,(H,18,20). The Labute approximate surface area is 122 Å². The normalized spacial score (nSPS) is 15.2. The maximum atomic E-state index is 11.9. The van der Waals surface area contributed by atoms with Crippen molar-refractivity contribution in [2.75, 3.05) is 25.0 Å². The number of benzene rings is 1. The second kappa shape index (κ2) is 7.93. The number of rotatable bonds is 7. The van der Waals surface area contributed by atoms with Crippen LogP contribution in [0.3, 0.4) is 0 Å². The van der Waals surface area contributed by atoms with Crippen LogP contribution in [0.25, 0.3) is 0 Å². The molecule has 0 atom stereocenters. The molecule has 0 aromatic heterocycles. The molecule has 1 aliphatic carbocycles. The maximum Gasteiger partial charge on any atom is 0.239 e. The van der Waals surface area contributed by atoms with Gasteiger partial charge in [0.15, 0.2) is 0 Å². The van der Waals surface area contributed by atoms with E-state index < -0.39 is 0 Å². The van der Waals surface area contributed by atoms with Crippen molar-refractivity contribution in [1.82, 2.24) is 5.32 Å². The van der Waals surface area contributed by atoms with Gasteiger partial charge in [0.2, 0.25) is 5.91 Å². The van der Waals surface area contributed by atoms with Gasteiger partial charge < -0.3 is 10.2 Å². The molecule has 2 rings (SSSR count). The predicted octanol–water partition coefficient (Wildman–Crippen LogP) is 3.21. The highest BCUT2D eigenvalue weighted by atomic mass is 16.2. The molecular weight excluding hydrogens is 248 g/mol. The number of nitrogens with zero attached hydrogens (tertiary/aromatic N) is 1. The summed E-state index contributed by atoms with van der Waals surface area (Å²) in [6, 6.07) is 10.0. The van der Waals surface area contributed by atoms with Crippen molar-refractivity contribution in [3.8, 4) is 0 Å². The van der Waals surface area contributed by atoms with Crippen LogP contribution in [0.2, 0.25) is 0 Å². The van der Waals surface area contributed by atoms with E-state index in [0.29, 0.717) is 6.54 Å². The minimum absolute atomic E-state index is 0.114. The van der Waals surface area contributed by atoms with E-state index in [4.69, 9.17) is 0 Å². The first kappa shape index (κ1) is 14.9. The Morgan fingerprint density at radius 2 is 1.95 bits per heavy atom. The second-order valence-corrected chi connectivity index (χ2v) is 5.83. The summed E-state index contributed by atoms with van der Waals surface area (Å²) in [6.07, 6.45) is 7.98. The van der Waals surface area contributed by atoms with Gasteiger partial charge in [-0.25, -0.2) is 0 Å². The van der Waals surface area contributed by atoms with Crippen molar-refractivity contribution < 1.29 is 4.79 Å². The average Bonchev–Trinajstić information content (AvgIpc) is 2.98. The van der Waals surface area contributed by atoms with E-state index >= 15 is 0 Å². The van der Waals surface area contributed by atoms with Crippen molar-refractivity contribution >= 4 is 11.6 Å². The first-order valence-electron chi connectivity index (χ1n) is 7.78. The molecular formula is C17H26N2O. The predicted molar refractivity (Wildman–Crippen MR) is 83.9 cm³/mol. The van der Waals surface area contributed by atoms with E-state index in [2.05, 4.69) is 5.32 Å². The molecule has 1 aliphatic rings. The number of nitrogens with one attached hydrogen (secondary N) is 1. The molecule has 1 fully saturated rings. The molecule has 1 aromatic carbocycles. The maximum absolute atomic E-state index is 11.9. The number of anilines is 1. The number of carbonyl (C=O) groups is 1. The fourth-order valence-corrected chi connectivity index (χ4v) is 2.96. The highest BCUT2D eigenvalue weighted by Crippen LogP contribution is 2.28. The summed E-state index contributed by atoms with van der Waals surface area (Å²) in [5, 5.41) is 3.03. The van der Waals surface area contributed by atoms with Crippen LogP contribution >= 0.6 is 0 Å². The van der Waals surface area contributed by atoms with E-state index in [9.17, 15) is 4.79 Å². The molecule has 20 heavy (non-hydrogen) atoms. The number of hydrogen-bond acceptors (Lipinski definition) is 2. The molecule has 0 radical (unpaired) electrons. The van der Waals surface area contributed by atoms with Gasteiger partial charge in [0.25, 0.3) is 0 Å². The van der Waals surface area contributed by atoms with Crippen LogP contribution in [-0.4, -0.2) is 26.0 Å². The monoisotopic (exact) mass is 274 g/mol. The summed E-state index contributed by atoms with van der Waals surface area (Å²) in [5.74, 6) is 1.03. The second-order valence-electron chi connectivity index (χ2n) is 5.83. The first-order chi connectivity index (χ1) is 9.75. The largest absolute Gasteiger partial charge is 0.365 e. The van der Waals surface area contributed by atoms with E-state index in [-0.39, 0.29) is 5.91 Å². The fourth-order valence-electron chi connectivity index (χ4n) is 2.96. The smallest absolute Gasteiger partial charge is 0.239 e. The molecule has 1 saturated carbocycles. The minimum Gasteiger partial charge on any atom is -0.365 e. The molecule has 3 heteroatoms. The Morgan fingerprint density at radius 1 is 1.25 bits per heavy atom. The topological polar surface area (TPSA) is 32.3 Å². The summed E-state index contributed by atoms with van der Waals surface area (Å²) < 4.78 is 0. The Morgan fingerprint density at radius 3 is 2.65 bits per heavy atom. The zero-order valence-corrected chi connectivity index (χ0v) is 12.5. The summed E-state index contributed by atoms with van der Waals surface area (Å²) in [7, 11) is 1.95. The molecule has 0 aliphatic heterocycles. The molecule has 0 unspecified atom stereocenters. The summed E-state index contributed by atoms with van der Waals surface area (Å²) >= 11 is 0. The van der Waals surface area contributed by atoms with E-state index in [1.54, 1.807) is 0 Å². The summed E-state index contributed by atoms with van der Waals surface area (Å²) in [6.45, 7) is 1.24. The number of hydrogen-bond donors (Lipinski definition) is 1. The lowest BCUT2D eigenvalue weighted by Gasteiger charge is -2.18. The van der Waals surface area contributed by atoms with Gasteiger partial charge >= 0.3 is 0 Å². The number of para-hydroxylation sites is 1. The van der Waals surface area contributed by atoms with E-state index in [1.807, 2.05) is 42.3 Å². The zero-order valence-electron chi connectivity index (χ0n) is 12.5. The lowest BCUT2D eigenvalue weighted by Crippen LogP contribution is -2.35. The molecule has 0 saturated heterocycles. The molecule has 0 heterocycles. The van der Waals surface area contributed by atoms with Gasteiger partial charge in [-0.15, -0.1) is 0 Å². The number of carbonyl (C=O) groups excluding carboxylic acids is 1. The van der Waals surface area contributed by atoms with Crippen LogP contribution < -0.4 is 10.2 Å². The average molecular weight is 274 g/mol. The van der Waals surface area contributed by atoms with Gasteiger partial charge in [0, 0.05) is 19.3 Å². The van der Waals surface area contributed by atoms with E-state index in [0.717, 1.165) is 24.6 Å². The Kier molecular flexibility index (Phi) is 5.90. The molecule has 0 bridgehead atoms. The van der Waals surface area contributed by atoms with Crippen molar-refractivity contribution in [3.63, 3.8) is 0 Å². The van der Waals surface area contributed by atoms with Crippen molar-refractivity contribution in [2.24, 2.45) is 5.92 Å². The molecule has 3 nitrogen and oxygen atoms in total. The van der Waals surface area contributed by atoms with Crippen molar-refractivity contribution in [3.05, 3.63) is 30.3 Å². The van der Waals surface area contributed by atoms with Gasteiger partial charge in [0.1, 0.15) is 0 Å². The van der Waals surface area contributed by atoms with Crippen molar-refractivity contribution in [2.45, 2.75) is 38.5 Å². The quantitative estimate of drug-likeness (QED) is 0.774. The zero-order chi connectivity index (χ0) is 14.2. The van der Waals surface area contributed by atoms with Crippen LogP contribution in [0.1, 0.15) is 38.5 Å². The summed E-state index contributed by atoms with van der Waals surface area (Å²) in [5.41, 5.74) is 1.08. The molecule has 1 N–H and O–H groups in total. The third-order valence-electron chi connectivity index (χ3n) is 4.16. The Balaban J connectivity index is 1.60. The SMILES string of the molecule is CN(CC(=O)NCCCC1CCCC1)c1ccccc1. The van der Waals surface area contributed by atoms with Crippen LogP contribution in [0.5, 0.6) is 0 Å². The lowest BCUT2D eigenvalue weighted by atomic mass is 10.0. The molecule has 110 valence electrons. The highest BCUT2D eigenvalue weighted by Gasteiger charge is 2.14. The molecule has 0 spiro atoms. The summed E-state index contributed by atoms with van der Waals surface area (Å²) in [4.78, 5) is 13.8. The van der Waals surface area contributed by atoms with Crippen LogP contribution in [0, 0.1) is 5.92 Å². The number of likely N-dealkylation sites (N-methyl/N-ethyl adjacent to an activating group) is 1. The third-order valence-corrected chi connectivity index (χ3v) is 4.16. The third kappa shape index (κ3) is 4.87. The Hall–Kier alpha value is -1.51. The van der Waals surface area contributed by atoms with Crippen LogP contribution in [0.15, 0.2) is 30.3 Å². The van der Waals surface area contributed by atoms with E-state index in [1.165, 1.54) is 32.1 Å². The fraction of sp³-hybridized carbons (Fsp3) is 0.588. The van der Waals surface area contributed by atoms with Crippen LogP contribution in [0.4, 0.5) is 5.69 Å². The van der Waals surface area contributed by atoms with Gasteiger partial charge in [0.05, 0.1) is 6.54 Å². The first-order valence-corrected chi connectivity index (χ1v) is 7.78. The Bertz CT molecular complexity index is 399. The molecule has 1 amide bonds.